The standard InChI is InChI=1S/C8H15NS/c1-5-10-8(6-9-4)7(2)3/h5-7,9H,1H2,2-4H3/b8-6-. The third-order valence-corrected chi connectivity index (χ3v) is 2.10. The van der Waals surface area contributed by atoms with Crippen LogP contribution in [0.15, 0.2) is 23.1 Å². The molecule has 0 bridgehead atoms. The Hall–Kier alpha value is -0.370. The summed E-state index contributed by atoms with van der Waals surface area (Å²) in [5.74, 6) is 0.579. The van der Waals surface area contributed by atoms with E-state index in [9.17, 15) is 0 Å². The first-order valence-electron chi connectivity index (χ1n) is 3.37. The van der Waals surface area contributed by atoms with E-state index in [-0.39, 0.29) is 0 Å². The fourth-order valence-corrected chi connectivity index (χ4v) is 1.23. The zero-order chi connectivity index (χ0) is 7.98. The fourth-order valence-electron chi connectivity index (χ4n) is 0.575. The van der Waals surface area contributed by atoms with Crippen molar-refractivity contribution in [3.05, 3.63) is 23.1 Å². The maximum Gasteiger partial charge on any atom is 0.00734 e. The molecule has 2 heteroatoms. The summed E-state index contributed by atoms with van der Waals surface area (Å²) in [6.45, 7) is 7.99. The van der Waals surface area contributed by atoms with Gasteiger partial charge in [-0.2, -0.15) is 0 Å². The molecule has 1 nitrogen and oxygen atoms in total. The molecule has 0 rings (SSSR count). The summed E-state index contributed by atoms with van der Waals surface area (Å²) in [4.78, 5) is 1.32. The molecule has 0 spiro atoms. The monoisotopic (exact) mass is 157 g/mol. The Balaban J connectivity index is 3.96. The molecule has 0 amide bonds. The molecule has 58 valence electrons. The van der Waals surface area contributed by atoms with Gasteiger partial charge in [0.25, 0.3) is 0 Å². The third kappa shape index (κ3) is 3.62. The Morgan fingerprint density at radius 3 is 2.50 bits per heavy atom. The molecule has 0 aromatic heterocycles. The van der Waals surface area contributed by atoms with E-state index in [4.69, 9.17) is 0 Å². The van der Waals surface area contributed by atoms with Gasteiger partial charge in [-0.15, -0.1) is 11.8 Å². The second-order valence-electron chi connectivity index (χ2n) is 2.27. The quantitative estimate of drug-likeness (QED) is 0.673. The van der Waals surface area contributed by atoms with Gasteiger partial charge in [0, 0.05) is 18.2 Å². The van der Waals surface area contributed by atoms with Gasteiger partial charge in [-0.3, -0.25) is 0 Å². The maximum absolute atomic E-state index is 3.66. The zero-order valence-electron chi connectivity index (χ0n) is 6.85. The summed E-state index contributed by atoms with van der Waals surface area (Å²) in [6, 6.07) is 0. The lowest BCUT2D eigenvalue weighted by atomic mass is 10.2. The molecule has 0 radical (unpaired) electrons. The molecule has 10 heavy (non-hydrogen) atoms. The van der Waals surface area contributed by atoms with Crippen LogP contribution >= 0.6 is 11.8 Å². The number of nitrogens with one attached hydrogen (secondary N) is 1. The van der Waals surface area contributed by atoms with Crippen molar-refractivity contribution in [1.29, 1.82) is 0 Å². The van der Waals surface area contributed by atoms with Crippen molar-refractivity contribution in [2.75, 3.05) is 7.05 Å². The summed E-state index contributed by atoms with van der Waals surface area (Å²) < 4.78 is 0. The first-order valence-corrected chi connectivity index (χ1v) is 4.25. The number of rotatable bonds is 4. The predicted octanol–water partition coefficient (Wildman–Crippen LogP) is 2.58. The highest BCUT2D eigenvalue weighted by Gasteiger charge is 1.99. The Morgan fingerprint density at radius 2 is 2.20 bits per heavy atom. The summed E-state index contributed by atoms with van der Waals surface area (Å²) in [5.41, 5.74) is 0. The van der Waals surface area contributed by atoms with Gasteiger partial charge in [-0.25, -0.2) is 0 Å². The molecule has 0 aliphatic carbocycles. The van der Waals surface area contributed by atoms with Crippen molar-refractivity contribution >= 4 is 11.8 Å². The van der Waals surface area contributed by atoms with Gasteiger partial charge in [0.15, 0.2) is 0 Å². The maximum atomic E-state index is 3.66. The van der Waals surface area contributed by atoms with E-state index in [2.05, 4.69) is 25.7 Å². The van der Waals surface area contributed by atoms with Crippen LogP contribution in [0.1, 0.15) is 13.8 Å². The predicted molar refractivity (Wildman–Crippen MR) is 49.8 cm³/mol. The van der Waals surface area contributed by atoms with E-state index in [1.54, 1.807) is 11.8 Å². The van der Waals surface area contributed by atoms with Crippen molar-refractivity contribution < 1.29 is 0 Å². The van der Waals surface area contributed by atoms with Gasteiger partial charge in [0.1, 0.15) is 0 Å². The molecule has 0 saturated carbocycles. The number of hydrogen-bond donors (Lipinski definition) is 1. The SMILES string of the molecule is C=CS/C(=C\NC)C(C)C. The Kier molecular flexibility index (Phi) is 5.22. The van der Waals surface area contributed by atoms with Gasteiger partial charge < -0.3 is 5.32 Å². The highest BCUT2D eigenvalue weighted by Crippen LogP contribution is 2.23. The normalized spacial score (nSPS) is 11.8. The Bertz CT molecular complexity index is 127. The number of thioether (sulfide) groups is 1. The average molecular weight is 157 g/mol. The second kappa shape index (κ2) is 5.42. The minimum absolute atomic E-state index is 0.579. The van der Waals surface area contributed by atoms with Crippen LogP contribution in [0.5, 0.6) is 0 Å². The van der Waals surface area contributed by atoms with Crippen LogP contribution in [0.25, 0.3) is 0 Å². The molecule has 0 aromatic rings. The Morgan fingerprint density at radius 1 is 1.60 bits per heavy atom. The topological polar surface area (TPSA) is 12.0 Å². The van der Waals surface area contributed by atoms with Crippen LogP contribution in [0.4, 0.5) is 0 Å². The number of hydrogen-bond acceptors (Lipinski definition) is 2. The van der Waals surface area contributed by atoms with E-state index in [0.29, 0.717) is 5.92 Å². The molecule has 0 fully saturated rings. The molecule has 0 heterocycles. The van der Waals surface area contributed by atoms with E-state index >= 15 is 0 Å². The van der Waals surface area contributed by atoms with Gasteiger partial charge in [0.2, 0.25) is 0 Å². The van der Waals surface area contributed by atoms with E-state index in [1.165, 1.54) is 4.91 Å². The van der Waals surface area contributed by atoms with Crippen LogP contribution < -0.4 is 5.32 Å². The molecule has 1 N–H and O–H groups in total. The van der Waals surface area contributed by atoms with Crippen molar-refractivity contribution in [2.24, 2.45) is 5.92 Å². The molecule has 0 saturated heterocycles. The fraction of sp³-hybridized carbons (Fsp3) is 0.500. The molecule has 0 aliphatic rings. The summed E-state index contributed by atoms with van der Waals surface area (Å²) in [5, 5.41) is 4.85. The van der Waals surface area contributed by atoms with Crippen LogP contribution in [0.3, 0.4) is 0 Å². The largest absolute Gasteiger partial charge is 0.393 e. The summed E-state index contributed by atoms with van der Waals surface area (Å²) in [7, 11) is 1.91. The van der Waals surface area contributed by atoms with E-state index in [1.807, 2.05) is 18.7 Å². The van der Waals surface area contributed by atoms with Crippen LogP contribution in [0, 0.1) is 5.92 Å². The molecule has 0 atom stereocenters. The van der Waals surface area contributed by atoms with E-state index in [0.717, 1.165) is 0 Å². The smallest absolute Gasteiger partial charge is 0.00734 e. The zero-order valence-corrected chi connectivity index (χ0v) is 7.66. The lowest BCUT2D eigenvalue weighted by Gasteiger charge is -2.06. The van der Waals surface area contributed by atoms with Crippen molar-refractivity contribution in [2.45, 2.75) is 13.8 Å². The highest BCUT2D eigenvalue weighted by molar-refractivity contribution is 8.05. The molecule has 0 unspecified atom stereocenters. The second-order valence-corrected chi connectivity index (χ2v) is 3.32. The minimum atomic E-state index is 0.579. The van der Waals surface area contributed by atoms with Crippen LogP contribution in [0.2, 0.25) is 0 Å². The molecule has 0 aromatic carbocycles. The van der Waals surface area contributed by atoms with Crippen molar-refractivity contribution in [1.82, 2.24) is 5.32 Å². The summed E-state index contributed by atoms with van der Waals surface area (Å²) in [6.07, 6.45) is 2.01. The summed E-state index contributed by atoms with van der Waals surface area (Å²) >= 11 is 1.67. The van der Waals surface area contributed by atoms with Crippen LogP contribution in [-0.2, 0) is 0 Å². The first-order chi connectivity index (χ1) is 4.72. The van der Waals surface area contributed by atoms with Gasteiger partial charge in [-0.05, 0) is 11.3 Å². The van der Waals surface area contributed by atoms with Gasteiger partial charge >= 0.3 is 0 Å². The van der Waals surface area contributed by atoms with Crippen LogP contribution in [-0.4, -0.2) is 7.05 Å². The van der Waals surface area contributed by atoms with Gasteiger partial charge in [-0.1, -0.05) is 20.4 Å². The molecular formula is C8H15NS. The third-order valence-electron chi connectivity index (χ3n) is 1.08. The highest BCUT2D eigenvalue weighted by atomic mass is 32.2. The lowest BCUT2D eigenvalue weighted by Crippen LogP contribution is -1.98. The minimum Gasteiger partial charge on any atom is -0.393 e. The van der Waals surface area contributed by atoms with Crippen molar-refractivity contribution in [3.8, 4) is 0 Å². The first kappa shape index (κ1) is 9.63. The molecule has 0 aliphatic heterocycles. The number of allylic oxidation sites excluding steroid dienone is 1. The Labute approximate surface area is 67.6 Å². The van der Waals surface area contributed by atoms with Gasteiger partial charge in [0.05, 0.1) is 0 Å². The molecular weight excluding hydrogens is 142 g/mol. The van der Waals surface area contributed by atoms with Crippen molar-refractivity contribution in [3.63, 3.8) is 0 Å². The van der Waals surface area contributed by atoms with E-state index < -0.39 is 0 Å². The average Bonchev–Trinajstić information content (AvgIpc) is 1.87. The lowest BCUT2D eigenvalue weighted by molar-refractivity contribution is 0.806.